The Morgan fingerprint density at radius 3 is 1.33 bits per heavy atom. The molecule has 0 unspecified atom stereocenters. The number of ether oxygens (including phenoxy) is 2. The van der Waals surface area contributed by atoms with E-state index in [2.05, 4.69) is 254 Å². The van der Waals surface area contributed by atoms with E-state index in [0.717, 1.165) is 73.4 Å². The molecule has 15 rings (SSSR count). The van der Waals surface area contributed by atoms with Crippen molar-refractivity contribution in [3.8, 4) is 56.4 Å². The maximum Gasteiger partial charge on any atom is 0.132 e. The fourth-order valence-corrected chi connectivity index (χ4v) is 12.7. The molecule has 0 saturated carbocycles. The fraction of sp³-hybridized carbons (Fsp3) is 0.0303. The highest BCUT2D eigenvalue weighted by Crippen LogP contribution is 2.65. The largest absolute Gasteiger partial charge is 0.457 e. The second kappa shape index (κ2) is 14.3. The summed E-state index contributed by atoms with van der Waals surface area (Å²) >= 11 is 0. The van der Waals surface area contributed by atoms with Crippen molar-refractivity contribution < 1.29 is 9.47 Å². The number of hydrogen-bond donors (Lipinski definition) is 0. The molecule has 0 atom stereocenters. The second-order valence-electron chi connectivity index (χ2n) is 18.6. The first-order valence-electron chi connectivity index (χ1n) is 23.8. The molecule has 3 heteroatoms. The van der Waals surface area contributed by atoms with Crippen LogP contribution in [0.3, 0.4) is 0 Å². The Labute approximate surface area is 400 Å². The highest BCUT2D eigenvalue weighted by molar-refractivity contribution is 6.04. The molecule has 4 aliphatic rings. The quantitative estimate of drug-likeness (QED) is 0.176. The summed E-state index contributed by atoms with van der Waals surface area (Å²) in [6.07, 6.45) is 0. The molecule has 322 valence electrons. The third-order valence-corrected chi connectivity index (χ3v) is 15.4. The molecule has 0 radical (unpaired) electrons. The van der Waals surface area contributed by atoms with Gasteiger partial charge in [0.05, 0.1) is 16.5 Å². The minimum absolute atomic E-state index is 0.621. The Kier molecular flexibility index (Phi) is 7.92. The van der Waals surface area contributed by atoms with Crippen molar-refractivity contribution >= 4 is 27.8 Å². The minimum atomic E-state index is -0.627. The van der Waals surface area contributed by atoms with Crippen LogP contribution in [0.15, 0.2) is 249 Å². The topological polar surface area (TPSA) is 21.7 Å². The van der Waals surface area contributed by atoms with Gasteiger partial charge in [-0.1, -0.05) is 194 Å². The van der Waals surface area contributed by atoms with Crippen molar-refractivity contribution in [1.82, 2.24) is 0 Å². The lowest BCUT2D eigenvalue weighted by Crippen LogP contribution is -2.32. The van der Waals surface area contributed by atoms with Crippen molar-refractivity contribution in [3.63, 3.8) is 0 Å². The number of benzene rings is 11. The Morgan fingerprint density at radius 2 is 0.710 bits per heavy atom. The van der Waals surface area contributed by atoms with Gasteiger partial charge in [0.15, 0.2) is 0 Å². The molecule has 11 aromatic rings. The average Bonchev–Trinajstić information content (AvgIpc) is 3.87. The Hall–Kier alpha value is -8.92. The maximum atomic E-state index is 6.77. The molecule has 2 aliphatic carbocycles. The molecular weight excluding hydrogens is 839 g/mol. The normalized spacial score (nSPS) is 14.3. The molecule has 0 aromatic heterocycles. The van der Waals surface area contributed by atoms with Gasteiger partial charge in [-0.25, -0.2) is 0 Å². The van der Waals surface area contributed by atoms with Gasteiger partial charge < -0.3 is 14.4 Å². The molecule has 3 nitrogen and oxygen atoms in total. The highest BCUT2D eigenvalue weighted by atomic mass is 16.5. The first kappa shape index (κ1) is 38.2. The number of hydrogen-bond acceptors (Lipinski definition) is 3. The van der Waals surface area contributed by atoms with Crippen LogP contribution in [0, 0.1) is 0 Å². The van der Waals surface area contributed by atoms with Gasteiger partial charge in [-0.3, -0.25) is 0 Å². The standard InChI is InChI=1S/C66H41NO2/c1-2-18-42(19-3-1)46-20-6-13-29-59(46)67(45-37-39-49-47-21-4-7-23-52(47)65(58(49)41-45)54-25-9-14-30-60(54)68-61-31-15-10-26-55(61)65)44-36-34-43-35-38-50-48-22-5-8-24-53(48)66(64(50)51(43)40-44)56-27-11-16-32-62(56)69-63-33-17-12-28-57(63)66/h1-41H. The van der Waals surface area contributed by atoms with Crippen LogP contribution in [0.1, 0.15) is 44.5 Å². The summed E-state index contributed by atoms with van der Waals surface area (Å²) < 4.78 is 13.5. The van der Waals surface area contributed by atoms with Crippen molar-refractivity contribution in [2.45, 2.75) is 10.8 Å². The summed E-state index contributed by atoms with van der Waals surface area (Å²) in [4.78, 5) is 2.50. The smallest absolute Gasteiger partial charge is 0.132 e. The van der Waals surface area contributed by atoms with E-state index < -0.39 is 10.8 Å². The summed E-state index contributed by atoms with van der Waals surface area (Å²) in [7, 11) is 0. The van der Waals surface area contributed by atoms with E-state index >= 15 is 0 Å². The van der Waals surface area contributed by atoms with Crippen LogP contribution in [0.2, 0.25) is 0 Å². The van der Waals surface area contributed by atoms with Crippen molar-refractivity contribution in [3.05, 3.63) is 293 Å². The van der Waals surface area contributed by atoms with Gasteiger partial charge in [0.25, 0.3) is 0 Å². The van der Waals surface area contributed by atoms with E-state index in [-0.39, 0.29) is 0 Å². The maximum absolute atomic E-state index is 6.77. The van der Waals surface area contributed by atoms with E-state index in [9.17, 15) is 0 Å². The van der Waals surface area contributed by atoms with E-state index in [0.29, 0.717) is 0 Å². The number of para-hydroxylation sites is 5. The first-order valence-corrected chi connectivity index (χ1v) is 23.8. The summed E-state index contributed by atoms with van der Waals surface area (Å²) in [5.41, 5.74) is 18.9. The van der Waals surface area contributed by atoms with E-state index in [4.69, 9.17) is 9.47 Å². The zero-order chi connectivity index (χ0) is 45.3. The highest BCUT2D eigenvalue weighted by Gasteiger charge is 2.53. The summed E-state index contributed by atoms with van der Waals surface area (Å²) in [6, 6.07) is 91.0. The Balaban J connectivity index is 1.04. The third kappa shape index (κ3) is 5.06. The molecular formula is C66H41NO2. The molecule has 0 bridgehead atoms. The van der Waals surface area contributed by atoms with Crippen molar-refractivity contribution in [2.75, 3.05) is 4.90 Å². The summed E-state index contributed by atoms with van der Waals surface area (Å²) in [5.74, 6) is 3.53. The average molecular weight is 880 g/mol. The van der Waals surface area contributed by atoms with E-state index in [1.165, 1.54) is 55.3 Å². The van der Waals surface area contributed by atoms with Crippen LogP contribution < -0.4 is 14.4 Å². The number of fused-ring (bicyclic) bond motifs is 20. The molecule has 11 aromatic carbocycles. The van der Waals surface area contributed by atoms with Crippen LogP contribution in [-0.2, 0) is 10.8 Å². The first-order chi connectivity index (χ1) is 34.2. The van der Waals surface area contributed by atoms with E-state index in [1.807, 2.05) is 0 Å². The monoisotopic (exact) mass is 879 g/mol. The minimum Gasteiger partial charge on any atom is -0.457 e. The van der Waals surface area contributed by atoms with Gasteiger partial charge in [0.2, 0.25) is 0 Å². The van der Waals surface area contributed by atoms with E-state index in [1.54, 1.807) is 0 Å². The summed E-state index contributed by atoms with van der Waals surface area (Å²) in [5, 5.41) is 2.38. The molecule has 0 saturated heterocycles. The Bertz CT molecular complexity index is 3850. The second-order valence-corrected chi connectivity index (χ2v) is 18.6. The molecule has 69 heavy (non-hydrogen) atoms. The predicted molar refractivity (Wildman–Crippen MR) is 279 cm³/mol. The van der Waals surface area contributed by atoms with Crippen LogP contribution in [-0.4, -0.2) is 0 Å². The predicted octanol–water partition coefficient (Wildman–Crippen LogP) is 16.9. The molecule has 2 heterocycles. The van der Waals surface area contributed by atoms with Gasteiger partial charge in [-0.05, 0) is 115 Å². The van der Waals surface area contributed by atoms with Gasteiger partial charge in [-0.15, -0.1) is 0 Å². The number of rotatable bonds is 4. The zero-order valence-corrected chi connectivity index (χ0v) is 37.4. The fourth-order valence-electron chi connectivity index (χ4n) is 12.7. The number of anilines is 3. The van der Waals surface area contributed by atoms with Crippen LogP contribution in [0.25, 0.3) is 44.2 Å². The van der Waals surface area contributed by atoms with Gasteiger partial charge in [0.1, 0.15) is 23.0 Å². The SMILES string of the molecule is c1ccc(-c2ccccc2N(c2ccc3c(c2)C2(c4ccccc4Oc4ccccc42)c2ccccc2-3)c2ccc3ccc4c(c3c2)C2(c3ccccc3Oc3ccccc32)c2ccccc2-4)cc1. The molecule has 0 fully saturated rings. The molecule has 2 aliphatic heterocycles. The molecule has 0 amide bonds. The molecule has 0 N–H and O–H groups in total. The van der Waals surface area contributed by atoms with Gasteiger partial charge in [0, 0.05) is 39.2 Å². The lowest BCUT2D eigenvalue weighted by atomic mass is 9.65. The molecule has 2 spiro atoms. The lowest BCUT2D eigenvalue weighted by molar-refractivity contribution is 0.436. The zero-order valence-electron chi connectivity index (χ0n) is 37.4. The third-order valence-electron chi connectivity index (χ3n) is 15.4. The van der Waals surface area contributed by atoms with Crippen LogP contribution in [0.5, 0.6) is 23.0 Å². The number of nitrogens with zero attached hydrogens (tertiary/aromatic N) is 1. The van der Waals surface area contributed by atoms with Crippen LogP contribution >= 0.6 is 0 Å². The Morgan fingerprint density at radius 1 is 0.290 bits per heavy atom. The van der Waals surface area contributed by atoms with Gasteiger partial charge >= 0.3 is 0 Å². The van der Waals surface area contributed by atoms with Crippen molar-refractivity contribution in [1.29, 1.82) is 0 Å². The van der Waals surface area contributed by atoms with Gasteiger partial charge in [-0.2, -0.15) is 0 Å². The van der Waals surface area contributed by atoms with Crippen LogP contribution in [0.4, 0.5) is 17.1 Å². The van der Waals surface area contributed by atoms with Crippen molar-refractivity contribution in [2.24, 2.45) is 0 Å². The lowest BCUT2D eigenvalue weighted by Gasteiger charge is -2.40. The summed E-state index contributed by atoms with van der Waals surface area (Å²) in [6.45, 7) is 0.